The Balaban J connectivity index is 0.000000156. The summed E-state index contributed by atoms with van der Waals surface area (Å²) in [7, 11) is 1.36. The van der Waals surface area contributed by atoms with Crippen LogP contribution >= 0.6 is 31.9 Å². The van der Waals surface area contributed by atoms with Gasteiger partial charge in [0, 0.05) is 10.8 Å². The fourth-order valence-electron chi connectivity index (χ4n) is 2.44. The van der Waals surface area contributed by atoms with Crippen LogP contribution in [0.4, 0.5) is 0 Å². The Labute approximate surface area is 170 Å². The number of aromatic carboxylic acids is 1. The van der Waals surface area contributed by atoms with E-state index in [1.54, 1.807) is 36.6 Å². The number of furan rings is 2. The van der Waals surface area contributed by atoms with E-state index in [0.717, 1.165) is 20.8 Å². The highest BCUT2D eigenvalue weighted by Gasteiger charge is 2.11. The van der Waals surface area contributed by atoms with E-state index in [4.69, 9.17) is 13.9 Å². The fourth-order valence-corrected chi connectivity index (χ4v) is 3.57. The fraction of sp³-hybridized carbons (Fsp3) is 0.0526. The Hall–Kier alpha value is -2.58. The molecule has 0 atom stereocenters. The van der Waals surface area contributed by atoms with Gasteiger partial charge in [-0.2, -0.15) is 0 Å². The topological polar surface area (TPSA) is 89.9 Å². The van der Waals surface area contributed by atoms with Gasteiger partial charge in [0.05, 0.1) is 39.7 Å². The minimum atomic E-state index is -0.941. The summed E-state index contributed by atoms with van der Waals surface area (Å²) < 4.78 is 16.4. The lowest BCUT2D eigenvalue weighted by Crippen LogP contribution is -2.00. The molecule has 0 unspecified atom stereocenters. The monoisotopic (exact) mass is 494 g/mol. The van der Waals surface area contributed by atoms with Crippen LogP contribution in [-0.4, -0.2) is 24.2 Å². The lowest BCUT2D eigenvalue weighted by molar-refractivity contribution is 0.0600. The average molecular weight is 496 g/mol. The van der Waals surface area contributed by atoms with Crippen molar-refractivity contribution >= 4 is 65.7 Å². The van der Waals surface area contributed by atoms with Crippen LogP contribution in [0, 0.1) is 0 Å². The number of fused-ring (bicyclic) bond motifs is 2. The predicted molar refractivity (Wildman–Crippen MR) is 106 cm³/mol. The Kier molecular flexibility index (Phi) is 5.67. The molecule has 2 aromatic carbocycles. The van der Waals surface area contributed by atoms with Gasteiger partial charge in [0.1, 0.15) is 11.2 Å². The molecule has 0 aliphatic carbocycles. The molecule has 6 nitrogen and oxygen atoms in total. The first-order valence-electron chi connectivity index (χ1n) is 7.56. The van der Waals surface area contributed by atoms with Crippen molar-refractivity contribution in [3.05, 3.63) is 69.0 Å². The Morgan fingerprint density at radius 3 is 1.85 bits per heavy atom. The molecule has 0 aliphatic rings. The first-order chi connectivity index (χ1) is 12.9. The van der Waals surface area contributed by atoms with E-state index in [1.165, 1.54) is 19.4 Å². The molecule has 27 heavy (non-hydrogen) atoms. The first-order valence-corrected chi connectivity index (χ1v) is 9.14. The Bertz CT molecular complexity index is 1140. The molecule has 2 aromatic heterocycles. The zero-order valence-electron chi connectivity index (χ0n) is 13.9. The number of rotatable bonds is 2. The number of methoxy groups -OCH3 is 1. The van der Waals surface area contributed by atoms with Crippen molar-refractivity contribution in [3.8, 4) is 0 Å². The average Bonchev–Trinajstić information content (AvgIpc) is 3.30. The highest BCUT2D eigenvalue weighted by Crippen LogP contribution is 2.27. The molecule has 2 heterocycles. The number of halogens is 2. The minimum absolute atomic E-state index is 0.251. The van der Waals surface area contributed by atoms with Gasteiger partial charge in [-0.3, -0.25) is 0 Å². The van der Waals surface area contributed by atoms with Gasteiger partial charge < -0.3 is 18.7 Å². The van der Waals surface area contributed by atoms with Crippen LogP contribution in [-0.2, 0) is 4.74 Å². The van der Waals surface area contributed by atoms with Gasteiger partial charge in [-0.25, -0.2) is 9.59 Å². The molecule has 138 valence electrons. The van der Waals surface area contributed by atoms with Crippen molar-refractivity contribution in [2.75, 3.05) is 7.11 Å². The van der Waals surface area contributed by atoms with E-state index in [-0.39, 0.29) is 11.5 Å². The second kappa shape index (κ2) is 7.98. The van der Waals surface area contributed by atoms with Crippen LogP contribution in [0.15, 0.2) is 66.7 Å². The summed E-state index contributed by atoms with van der Waals surface area (Å²) in [6, 6.07) is 10.0. The zero-order chi connectivity index (χ0) is 19.6. The molecule has 1 N–H and O–H groups in total. The molecule has 8 heteroatoms. The third-order valence-corrected chi connectivity index (χ3v) is 4.86. The van der Waals surface area contributed by atoms with E-state index >= 15 is 0 Å². The smallest absolute Gasteiger partial charge is 0.337 e. The highest BCUT2D eigenvalue weighted by atomic mass is 79.9. The van der Waals surface area contributed by atoms with Crippen molar-refractivity contribution < 1.29 is 28.3 Å². The van der Waals surface area contributed by atoms with Gasteiger partial charge in [-0.1, -0.05) is 0 Å². The lowest BCUT2D eigenvalue weighted by atomic mass is 10.2. The van der Waals surface area contributed by atoms with Gasteiger partial charge in [0.25, 0.3) is 0 Å². The second-order valence-electron chi connectivity index (χ2n) is 5.39. The van der Waals surface area contributed by atoms with Crippen molar-refractivity contribution in [1.82, 2.24) is 0 Å². The van der Waals surface area contributed by atoms with Crippen molar-refractivity contribution in [2.24, 2.45) is 0 Å². The molecule has 0 fully saturated rings. The van der Waals surface area contributed by atoms with Crippen molar-refractivity contribution in [2.45, 2.75) is 0 Å². The maximum atomic E-state index is 11.3. The largest absolute Gasteiger partial charge is 0.478 e. The quantitative estimate of drug-likeness (QED) is 0.349. The van der Waals surface area contributed by atoms with Crippen LogP contribution < -0.4 is 0 Å². The molecule has 0 spiro atoms. The van der Waals surface area contributed by atoms with E-state index in [9.17, 15) is 9.59 Å². The highest BCUT2D eigenvalue weighted by molar-refractivity contribution is 9.11. The van der Waals surface area contributed by atoms with Gasteiger partial charge in [0.2, 0.25) is 0 Å². The maximum Gasteiger partial charge on any atom is 0.337 e. The van der Waals surface area contributed by atoms with Crippen LogP contribution in [0.5, 0.6) is 0 Å². The van der Waals surface area contributed by atoms with E-state index in [0.29, 0.717) is 15.6 Å². The summed E-state index contributed by atoms with van der Waals surface area (Å²) in [5, 5.41) is 10.4. The van der Waals surface area contributed by atoms with Crippen LogP contribution in [0.3, 0.4) is 0 Å². The number of benzene rings is 2. The first kappa shape index (κ1) is 19.2. The Morgan fingerprint density at radius 2 is 1.37 bits per heavy atom. The maximum absolute atomic E-state index is 11.3. The molecule has 0 aliphatic heterocycles. The summed E-state index contributed by atoms with van der Waals surface area (Å²) in [5.41, 5.74) is 2.16. The van der Waals surface area contributed by atoms with E-state index in [2.05, 4.69) is 36.6 Å². The molecule has 4 aromatic rings. The number of hydrogen-bond donors (Lipinski definition) is 1. The van der Waals surface area contributed by atoms with Gasteiger partial charge >= 0.3 is 11.9 Å². The summed E-state index contributed by atoms with van der Waals surface area (Å²) >= 11 is 6.56. The van der Waals surface area contributed by atoms with Gasteiger partial charge in [0.15, 0.2) is 0 Å². The summed E-state index contributed by atoms with van der Waals surface area (Å²) in [6.07, 6.45) is 3.11. The SMILES string of the molecule is COC(=O)c1cc(Br)c2occc2c1.O=C(O)c1cc(Br)c2occc2c1. The number of carbonyl (C=O) groups excluding carboxylic acids is 1. The molecule has 0 saturated carbocycles. The standard InChI is InChI=1S/C10H7BrO3.C9H5BrO3/c1-13-10(12)7-4-6-2-3-14-9(6)8(11)5-7;10-7-4-6(9(11)12)3-5-1-2-13-8(5)7/h2-5H,1H3;1-4H,(H,11,12). The molecule has 0 saturated heterocycles. The molecular weight excluding hydrogens is 484 g/mol. The van der Waals surface area contributed by atoms with Crippen LogP contribution in [0.1, 0.15) is 20.7 Å². The van der Waals surface area contributed by atoms with Gasteiger partial charge in [-0.05, 0) is 68.3 Å². The molecular formula is C19H12Br2O6. The molecule has 0 radical (unpaired) electrons. The minimum Gasteiger partial charge on any atom is -0.478 e. The molecule has 4 rings (SSSR count). The summed E-state index contributed by atoms with van der Waals surface area (Å²) in [4.78, 5) is 21.9. The molecule has 0 bridgehead atoms. The van der Waals surface area contributed by atoms with E-state index < -0.39 is 5.97 Å². The number of carboxylic acid groups (broad SMARTS) is 1. The van der Waals surface area contributed by atoms with Crippen LogP contribution in [0.25, 0.3) is 21.9 Å². The summed E-state index contributed by atoms with van der Waals surface area (Å²) in [6.45, 7) is 0. The van der Waals surface area contributed by atoms with Crippen molar-refractivity contribution in [1.29, 1.82) is 0 Å². The zero-order valence-corrected chi connectivity index (χ0v) is 17.0. The number of hydrogen-bond acceptors (Lipinski definition) is 5. The third kappa shape index (κ3) is 4.06. The predicted octanol–water partition coefficient (Wildman–Crippen LogP) is 5.88. The molecule has 0 amide bonds. The second-order valence-corrected chi connectivity index (χ2v) is 7.10. The number of carboxylic acids is 1. The number of esters is 1. The Morgan fingerprint density at radius 1 is 0.889 bits per heavy atom. The van der Waals surface area contributed by atoms with E-state index in [1.807, 2.05) is 0 Å². The normalized spacial score (nSPS) is 10.5. The van der Waals surface area contributed by atoms with Crippen molar-refractivity contribution in [3.63, 3.8) is 0 Å². The summed E-state index contributed by atoms with van der Waals surface area (Å²) in [5.74, 6) is -1.29. The van der Waals surface area contributed by atoms with Gasteiger partial charge in [-0.15, -0.1) is 0 Å². The number of ether oxygens (including phenoxy) is 1. The number of carbonyl (C=O) groups is 2. The van der Waals surface area contributed by atoms with Crippen LogP contribution in [0.2, 0.25) is 0 Å². The lowest BCUT2D eigenvalue weighted by Gasteiger charge is -2.00. The third-order valence-electron chi connectivity index (χ3n) is 3.68.